The van der Waals surface area contributed by atoms with Gasteiger partial charge in [0.25, 0.3) is 0 Å². The van der Waals surface area contributed by atoms with Crippen LogP contribution in [0.4, 0.5) is 17.1 Å². The molecule has 37 heavy (non-hydrogen) atoms. The first-order valence-corrected chi connectivity index (χ1v) is 13.7. The number of aryl methyl sites for hydroxylation is 1. The van der Waals surface area contributed by atoms with Crippen LogP contribution in [0.15, 0.2) is 100 Å². The molecular weight excluding hydrogens is 472 g/mol. The molecule has 1 unspecified atom stereocenters. The van der Waals surface area contributed by atoms with E-state index in [1.165, 1.54) is 32.9 Å². The highest BCUT2D eigenvalue weighted by molar-refractivity contribution is 8.03. The van der Waals surface area contributed by atoms with Crippen molar-refractivity contribution < 1.29 is 4.74 Å². The molecule has 0 saturated heterocycles. The molecule has 4 heteroatoms. The molecule has 0 fully saturated rings. The molecule has 3 aromatic carbocycles. The van der Waals surface area contributed by atoms with Crippen molar-refractivity contribution in [1.29, 1.82) is 0 Å². The van der Waals surface area contributed by atoms with E-state index in [1.54, 1.807) is 11.8 Å². The highest BCUT2D eigenvalue weighted by Gasteiger charge is 2.44. The number of allylic oxidation sites excluding steroid dienone is 4. The third-order valence-electron chi connectivity index (χ3n) is 7.34. The predicted molar refractivity (Wildman–Crippen MR) is 157 cm³/mol. The molecule has 186 valence electrons. The lowest BCUT2D eigenvalue weighted by molar-refractivity contribution is 0.345. The molecule has 0 saturated carbocycles. The maximum absolute atomic E-state index is 6.37. The zero-order chi connectivity index (χ0) is 25.7. The molecule has 2 heterocycles. The number of anilines is 3. The number of benzene rings is 3. The molecule has 0 aromatic heterocycles. The van der Waals surface area contributed by atoms with Gasteiger partial charge in [-0.3, -0.25) is 0 Å². The molecule has 3 aromatic rings. The van der Waals surface area contributed by atoms with E-state index in [9.17, 15) is 0 Å². The fraction of sp³-hybridized carbons (Fsp3) is 0.242. The van der Waals surface area contributed by atoms with Gasteiger partial charge in [-0.2, -0.15) is 0 Å². The third kappa shape index (κ3) is 4.11. The van der Waals surface area contributed by atoms with Gasteiger partial charge in [-0.15, -0.1) is 5.73 Å². The number of thioether (sulfide) groups is 1. The maximum atomic E-state index is 6.37. The van der Waals surface area contributed by atoms with E-state index in [4.69, 9.17) is 4.74 Å². The fourth-order valence-corrected chi connectivity index (χ4v) is 6.38. The van der Waals surface area contributed by atoms with Gasteiger partial charge in [0.05, 0.1) is 16.3 Å². The van der Waals surface area contributed by atoms with Crippen LogP contribution in [0.2, 0.25) is 0 Å². The highest BCUT2D eigenvalue weighted by atomic mass is 32.2. The summed E-state index contributed by atoms with van der Waals surface area (Å²) in [4.78, 5) is 4.81. The second-order valence-electron chi connectivity index (χ2n) is 10.9. The van der Waals surface area contributed by atoms with Crippen molar-refractivity contribution in [2.24, 2.45) is 5.41 Å². The monoisotopic (exact) mass is 504 g/mol. The van der Waals surface area contributed by atoms with Gasteiger partial charge in [-0.25, -0.2) is 0 Å². The minimum Gasteiger partial charge on any atom is -0.453 e. The summed E-state index contributed by atoms with van der Waals surface area (Å²) >= 11 is 1.76. The van der Waals surface area contributed by atoms with E-state index in [2.05, 4.69) is 117 Å². The van der Waals surface area contributed by atoms with Crippen LogP contribution in [0.5, 0.6) is 11.5 Å². The van der Waals surface area contributed by atoms with Crippen molar-refractivity contribution in [2.45, 2.75) is 51.6 Å². The summed E-state index contributed by atoms with van der Waals surface area (Å²) in [7, 11) is 0. The smallest absolute Gasteiger partial charge is 0.153 e. The quantitative estimate of drug-likeness (QED) is 0.282. The number of rotatable bonds is 4. The van der Waals surface area contributed by atoms with Crippen LogP contribution < -0.4 is 15.0 Å². The molecule has 0 bridgehead atoms. The lowest BCUT2D eigenvalue weighted by Crippen LogP contribution is -2.43. The lowest BCUT2D eigenvalue weighted by atomic mass is 9.91. The standard InChI is InChI=1S/C33H32N2OS/c1-6-28(37-29-14-10-7-11-21(29)2)23-17-15-22(16-18-23)24-19-20-27-31-30(24)34-32(33(3,4)5)35(31)25-12-8-9-13-26(25)36-27/h7-15,17,19-20,32,34H,1,16,18H2,2-5H3. The molecule has 1 atom stereocenters. The van der Waals surface area contributed by atoms with Crippen molar-refractivity contribution in [1.82, 2.24) is 0 Å². The number of hydrogen-bond donors (Lipinski definition) is 1. The minimum atomic E-state index is 0.0163. The summed E-state index contributed by atoms with van der Waals surface area (Å²) in [6.45, 7) is 13.0. The van der Waals surface area contributed by atoms with Crippen LogP contribution >= 0.6 is 11.8 Å². The summed E-state index contributed by atoms with van der Waals surface area (Å²) < 4.78 is 6.37. The summed E-state index contributed by atoms with van der Waals surface area (Å²) in [5, 5.41) is 3.90. The Morgan fingerprint density at radius 1 is 1.00 bits per heavy atom. The van der Waals surface area contributed by atoms with Crippen LogP contribution in [-0.2, 0) is 0 Å². The molecule has 0 amide bonds. The first-order valence-electron chi connectivity index (χ1n) is 12.9. The lowest BCUT2D eigenvalue weighted by Gasteiger charge is -2.39. The zero-order valence-electron chi connectivity index (χ0n) is 21.9. The summed E-state index contributed by atoms with van der Waals surface area (Å²) in [6.07, 6.45) is 6.59. The molecule has 1 aliphatic carbocycles. The minimum absolute atomic E-state index is 0.0163. The van der Waals surface area contributed by atoms with Gasteiger partial charge in [0.15, 0.2) is 11.5 Å². The van der Waals surface area contributed by atoms with Crippen molar-refractivity contribution in [3.8, 4) is 11.5 Å². The van der Waals surface area contributed by atoms with Gasteiger partial charge >= 0.3 is 0 Å². The summed E-state index contributed by atoms with van der Waals surface area (Å²) in [5.41, 5.74) is 11.8. The van der Waals surface area contributed by atoms with Crippen LogP contribution in [-0.4, -0.2) is 6.17 Å². The van der Waals surface area contributed by atoms with E-state index >= 15 is 0 Å². The normalized spacial score (nSPS) is 17.5. The first kappa shape index (κ1) is 23.8. The second kappa shape index (κ2) is 9.06. The largest absolute Gasteiger partial charge is 0.453 e. The fourth-order valence-electron chi connectivity index (χ4n) is 5.41. The number of hydrogen-bond acceptors (Lipinski definition) is 4. The predicted octanol–water partition coefficient (Wildman–Crippen LogP) is 9.60. The van der Waals surface area contributed by atoms with E-state index in [1.807, 2.05) is 6.07 Å². The molecular formula is C33H32N2OS. The van der Waals surface area contributed by atoms with Crippen molar-refractivity contribution in [2.75, 3.05) is 10.2 Å². The zero-order valence-corrected chi connectivity index (χ0v) is 22.7. The van der Waals surface area contributed by atoms with Crippen molar-refractivity contribution in [3.63, 3.8) is 0 Å². The van der Waals surface area contributed by atoms with E-state index in [0.29, 0.717) is 0 Å². The van der Waals surface area contributed by atoms with Gasteiger partial charge in [-0.1, -0.05) is 81.6 Å². The van der Waals surface area contributed by atoms with E-state index < -0.39 is 0 Å². The Kier molecular flexibility index (Phi) is 5.82. The van der Waals surface area contributed by atoms with Gasteiger partial charge in [0.1, 0.15) is 11.9 Å². The molecule has 3 aliphatic rings. The molecule has 6 rings (SSSR count). The molecule has 0 spiro atoms. The van der Waals surface area contributed by atoms with E-state index in [0.717, 1.165) is 40.6 Å². The van der Waals surface area contributed by atoms with Gasteiger partial charge in [0, 0.05) is 15.9 Å². The number of para-hydroxylation sites is 2. The summed E-state index contributed by atoms with van der Waals surface area (Å²) in [5.74, 6) is 1.82. The number of nitrogens with zero attached hydrogens (tertiary/aromatic N) is 1. The topological polar surface area (TPSA) is 24.5 Å². The van der Waals surface area contributed by atoms with Crippen molar-refractivity contribution >= 4 is 34.4 Å². The Labute approximate surface area is 224 Å². The average molecular weight is 505 g/mol. The second-order valence-corrected chi connectivity index (χ2v) is 12.0. The van der Waals surface area contributed by atoms with E-state index in [-0.39, 0.29) is 11.6 Å². The molecule has 1 N–H and O–H groups in total. The Bertz CT molecular complexity index is 1520. The molecule has 3 nitrogen and oxygen atoms in total. The highest BCUT2D eigenvalue weighted by Crippen LogP contribution is 2.58. The Balaban J connectivity index is 1.37. The van der Waals surface area contributed by atoms with Gasteiger partial charge in [-0.05, 0) is 66.8 Å². The first-order chi connectivity index (χ1) is 17.8. The average Bonchev–Trinajstić information content (AvgIpc) is 3.32. The Hall–Kier alpha value is -3.59. The SMILES string of the molecule is C=C=C(Sc1ccccc1C)C1=CC=C(c2ccc3c4c2NC(C(C)(C)C)N4c2ccccc2O3)CC1. The van der Waals surface area contributed by atoms with Gasteiger partial charge in [0.2, 0.25) is 0 Å². The van der Waals surface area contributed by atoms with Crippen LogP contribution in [0.3, 0.4) is 0 Å². The maximum Gasteiger partial charge on any atom is 0.153 e. The molecule has 0 radical (unpaired) electrons. The van der Waals surface area contributed by atoms with Crippen LogP contribution in [0.25, 0.3) is 5.57 Å². The van der Waals surface area contributed by atoms with Crippen LogP contribution in [0.1, 0.15) is 44.7 Å². The number of fused-ring (bicyclic) bond motifs is 2. The Morgan fingerprint density at radius 3 is 2.51 bits per heavy atom. The third-order valence-corrected chi connectivity index (χ3v) is 8.63. The number of ether oxygens (including phenoxy) is 1. The summed E-state index contributed by atoms with van der Waals surface area (Å²) in [6, 6.07) is 21.2. The molecule has 2 aliphatic heterocycles. The van der Waals surface area contributed by atoms with Gasteiger partial charge < -0.3 is 15.0 Å². The van der Waals surface area contributed by atoms with Crippen molar-refractivity contribution in [3.05, 3.63) is 107 Å². The Morgan fingerprint density at radius 2 is 1.78 bits per heavy atom. The van der Waals surface area contributed by atoms with Crippen LogP contribution in [0, 0.1) is 12.3 Å². The number of nitrogens with one attached hydrogen (secondary N) is 1.